The van der Waals surface area contributed by atoms with E-state index in [1.54, 1.807) is 0 Å². The molecule has 1 aliphatic rings. The molecule has 6 heteroatoms. The maximum atomic E-state index is 12.3. The summed E-state index contributed by atoms with van der Waals surface area (Å²) in [6.45, 7) is 0. The summed E-state index contributed by atoms with van der Waals surface area (Å²) in [5.41, 5.74) is 4.93. The highest BCUT2D eigenvalue weighted by Crippen LogP contribution is 2.31. The molecule has 1 aromatic rings. The molecule has 0 aliphatic heterocycles. The first-order chi connectivity index (χ1) is 9.46. The molecule has 108 valence electrons. The summed E-state index contributed by atoms with van der Waals surface area (Å²) in [5.74, 6) is -1.09. The quantitative estimate of drug-likeness (QED) is 0.638. The Morgan fingerprint density at radius 3 is 2.25 bits per heavy atom. The summed E-state index contributed by atoms with van der Waals surface area (Å²) in [5, 5.41) is 22.3. The molecule has 5 nitrogen and oxygen atoms in total. The van der Waals surface area contributed by atoms with Crippen LogP contribution in [-0.4, -0.2) is 26.6 Å². The average Bonchev–Trinajstić information content (AvgIpc) is 2.39. The van der Waals surface area contributed by atoms with Crippen LogP contribution >= 0.6 is 12.2 Å². The van der Waals surface area contributed by atoms with Gasteiger partial charge in [-0.2, -0.15) is 0 Å². The molecular formula is C14H18N2O3S. The molecule has 1 aromatic carbocycles. The lowest BCUT2D eigenvalue weighted by molar-refractivity contribution is 0.0903. The van der Waals surface area contributed by atoms with E-state index in [1.807, 2.05) is 0 Å². The largest absolute Gasteiger partial charge is 0.507 e. The zero-order chi connectivity index (χ0) is 14.8. The van der Waals surface area contributed by atoms with E-state index in [-0.39, 0.29) is 22.1 Å². The predicted octanol–water partition coefficient (Wildman–Crippen LogP) is 1.82. The minimum absolute atomic E-state index is 0.145. The maximum absolute atomic E-state index is 12.3. The van der Waals surface area contributed by atoms with Gasteiger partial charge in [0.2, 0.25) is 0 Å². The number of hydrogen-bond donors (Lipinski definition) is 4. The van der Waals surface area contributed by atoms with E-state index in [1.165, 1.54) is 18.2 Å². The Morgan fingerprint density at radius 2 is 1.75 bits per heavy atom. The first-order valence-corrected chi connectivity index (χ1v) is 7.00. The van der Waals surface area contributed by atoms with Crippen LogP contribution in [0.1, 0.15) is 42.5 Å². The van der Waals surface area contributed by atoms with Crippen molar-refractivity contribution in [3.63, 3.8) is 0 Å². The molecule has 2 rings (SSSR count). The summed E-state index contributed by atoms with van der Waals surface area (Å²) >= 11 is 5.10. The van der Waals surface area contributed by atoms with Crippen molar-refractivity contribution in [1.29, 1.82) is 0 Å². The van der Waals surface area contributed by atoms with Gasteiger partial charge in [0, 0.05) is 0 Å². The van der Waals surface area contributed by atoms with Crippen LogP contribution in [0.4, 0.5) is 0 Å². The molecular weight excluding hydrogens is 276 g/mol. The van der Waals surface area contributed by atoms with Crippen molar-refractivity contribution in [2.24, 2.45) is 5.73 Å². The van der Waals surface area contributed by atoms with Crippen molar-refractivity contribution in [2.75, 3.05) is 0 Å². The summed E-state index contributed by atoms with van der Waals surface area (Å²) in [4.78, 5) is 12.6. The number of carbonyl (C=O) groups is 1. The second-order valence-electron chi connectivity index (χ2n) is 5.13. The molecule has 1 aliphatic carbocycles. The van der Waals surface area contributed by atoms with Gasteiger partial charge in [0.1, 0.15) is 17.1 Å². The van der Waals surface area contributed by atoms with Crippen LogP contribution in [0.25, 0.3) is 0 Å². The number of rotatable bonds is 3. The fraction of sp³-hybridized carbons (Fsp3) is 0.429. The molecule has 0 spiro atoms. The zero-order valence-electron chi connectivity index (χ0n) is 11.1. The van der Waals surface area contributed by atoms with Crippen molar-refractivity contribution in [2.45, 2.75) is 37.6 Å². The van der Waals surface area contributed by atoms with Crippen LogP contribution in [-0.2, 0) is 0 Å². The number of carbonyl (C=O) groups excluding carboxylic acids is 1. The van der Waals surface area contributed by atoms with E-state index in [0.717, 1.165) is 19.3 Å². The Morgan fingerprint density at radius 1 is 1.20 bits per heavy atom. The Hall–Kier alpha value is -1.82. The average molecular weight is 294 g/mol. The molecule has 1 saturated carbocycles. The summed E-state index contributed by atoms with van der Waals surface area (Å²) in [6.07, 6.45) is 4.32. The Kier molecular flexibility index (Phi) is 4.13. The van der Waals surface area contributed by atoms with E-state index in [4.69, 9.17) is 18.0 Å². The summed E-state index contributed by atoms with van der Waals surface area (Å²) in [6, 6.07) is 4.16. The van der Waals surface area contributed by atoms with Crippen LogP contribution < -0.4 is 11.1 Å². The number of thiocarbonyl (C=S) groups is 1. The number of nitrogens with one attached hydrogen (secondary N) is 1. The standard InChI is InChI=1S/C14H18N2O3S/c15-13(20)14(7-2-1-3-8-14)16-12(19)11-9(17)5-4-6-10(11)18/h4-6,17-18H,1-3,7-8H2,(H2,15,20)(H,16,19). The minimum Gasteiger partial charge on any atom is -0.507 e. The topological polar surface area (TPSA) is 95.6 Å². The van der Waals surface area contributed by atoms with Gasteiger partial charge in [-0.05, 0) is 25.0 Å². The number of benzene rings is 1. The first-order valence-electron chi connectivity index (χ1n) is 6.60. The SMILES string of the molecule is NC(=S)C1(NC(=O)c2c(O)cccc2O)CCCCC1. The van der Waals surface area contributed by atoms with E-state index in [0.29, 0.717) is 12.8 Å². The fourth-order valence-electron chi connectivity index (χ4n) is 2.63. The molecule has 0 heterocycles. The van der Waals surface area contributed by atoms with Crippen LogP contribution in [0.5, 0.6) is 11.5 Å². The number of aromatic hydroxyl groups is 2. The van der Waals surface area contributed by atoms with Crippen molar-refractivity contribution in [3.05, 3.63) is 23.8 Å². The van der Waals surface area contributed by atoms with Gasteiger partial charge < -0.3 is 21.3 Å². The minimum atomic E-state index is -0.723. The molecule has 0 unspecified atom stereocenters. The normalized spacial score (nSPS) is 17.4. The number of nitrogens with two attached hydrogens (primary N) is 1. The third kappa shape index (κ3) is 2.70. The number of amides is 1. The van der Waals surface area contributed by atoms with E-state index in [9.17, 15) is 15.0 Å². The molecule has 0 bridgehead atoms. The molecule has 1 amide bonds. The van der Waals surface area contributed by atoms with Crippen molar-refractivity contribution < 1.29 is 15.0 Å². The third-order valence-corrected chi connectivity index (χ3v) is 4.17. The Balaban J connectivity index is 2.27. The third-order valence-electron chi connectivity index (χ3n) is 3.78. The molecule has 0 atom stereocenters. The Bertz CT molecular complexity index is 519. The van der Waals surface area contributed by atoms with Gasteiger partial charge in [0.25, 0.3) is 5.91 Å². The lowest BCUT2D eigenvalue weighted by Crippen LogP contribution is -2.57. The molecule has 20 heavy (non-hydrogen) atoms. The molecule has 0 saturated heterocycles. The van der Waals surface area contributed by atoms with Gasteiger partial charge in [0.05, 0.1) is 10.5 Å². The van der Waals surface area contributed by atoms with Gasteiger partial charge in [-0.1, -0.05) is 37.5 Å². The summed E-state index contributed by atoms with van der Waals surface area (Å²) < 4.78 is 0. The van der Waals surface area contributed by atoms with Crippen molar-refractivity contribution >= 4 is 23.1 Å². The molecule has 5 N–H and O–H groups in total. The van der Waals surface area contributed by atoms with E-state index in [2.05, 4.69) is 5.32 Å². The monoisotopic (exact) mass is 294 g/mol. The highest BCUT2D eigenvalue weighted by Gasteiger charge is 2.37. The van der Waals surface area contributed by atoms with Gasteiger partial charge in [-0.25, -0.2) is 0 Å². The molecule has 1 fully saturated rings. The Labute approximate surface area is 122 Å². The first kappa shape index (κ1) is 14.6. The second kappa shape index (κ2) is 5.66. The maximum Gasteiger partial charge on any atom is 0.259 e. The van der Waals surface area contributed by atoms with Gasteiger partial charge in [0.15, 0.2) is 0 Å². The van der Waals surface area contributed by atoms with Crippen LogP contribution in [0, 0.1) is 0 Å². The van der Waals surface area contributed by atoms with Crippen LogP contribution in [0.15, 0.2) is 18.2 Å². The molecule has 0 aromatic heterocycles. The van der Waals surface area contributed by atoms with Crippen molar-refractivity contribution in [1.82, 2.24) is 5.32 Å². The fourth-order valence-corrected chi connectivity index (χ4v) is 2.88. The lowest BCUT2D eigenvalue weighted by atomic mass is 9.81. The number of phenols is 2. The highest BCUT2D eigenvalue weighted by atomic mass is 32.1. The smallest absolute Gasteiger partial charge is 0.259 e. The highest BCUT2D eigenvalue weighted by molar-refractivity contribution is 7.80. The van der Waals surface area contributed by atoms with E-state index < -0.39 is 11.4 Å². The van der Waals surface area contributed by atoms with Crippen LogP contribution in [0.3, 0.4) is 0 Å². The van der Waals surface area contributed by atoms with E-state index >= 15 is 0 Å². The predicted molar refractivity (Wildman–Crippen MR) is 79.8 cm³/mol. The van der Waals surface area contributed by atoms with Gasteiger partial charge >= 0.3 is 0 Å². The number of hydrogen-bond acceptors (Lipinski definition) is 4. The number of phenolic OH excluding ortho intramolecular Hbond substituents is 2. The van der Waals surface area contributed by atoms with Crippen molar-refractivity contribution in [3.8, 4) is 11.5 Å². The van der Waals surface area contributed by atoms with Gasteiger partial charge in [-0.3, -0.25) is 4.79 Å². The lowest BCUT2D eigenvalue weighted by Gasteiger charge is -2.37. The summed E-state index contributed by atoms with van der Waals surface area (Å²) in [7, 11) is 0. The molecule has 0 radical (unpaired) electrons. The zero-order valence-corrected chi connectivity index (χ0v) is 11.9. The second-order valence-corrected chi connectivity index (χ2v) is 5.57. The van der Waals surface area contributed by atoms with Gasteiger partial charge in [-0.15, -0.1) is 0 Å². The van der Waals surface area contributed by atoms with Crippen LogP contribution in [0.2, 0.25) is 0 Å².